The van der Waals surface area contributed by atoms with Gasteiger partial charge in [0.1, 0.15) is 5.75 Å². The molecule has 0 amide bonds. The number of nitrogens with one attached hydrogen (secondary N) is 1. The minimum Gasteiger partial charge on any atom is -0.507 e. The van der Waals surface area contributed by atoms with Gasteiger partial charge < -0.3 is 20.1 Å². The van der Waals surface area contributed by atoms with E-state index >= 15 is 0 Å². The van der Waals surface area contributed by atoms with E-state index in [1.54, 1.807) is 0 Å². The number of fused-ring (bicyclic) bond motifs is 1. The molecule has 5 nitrogen and oxygen atoms in total. The molecule has 194 valence electrons. The number of likely N-dealkylation sites (tertiary alicyclic amines) is 1. The standard InChI is InChI=1S/C26H28ClF3N2O3S/c1-15-6-9-32(10-7-15)11-8-18(33)14-36-24-23(20-13-17(27)3-5-22(20)34)19-12-16(26(28,29)30)2-4-21(19)31-25(24)35/h2-5,12-13,15,18,33-34H,6-11,14H2,1H3,(H,31,35). The SMILES string of the molecule is CC1CCN(CCC(O)CSc2c(-c3cc(Cl)ccc3O)c3cc(C(F)(F)F)ccc3[nH]c2=O)CC1. The maximum atomic E-state index is 13.5. The molecule has 1 aliphatic rings. The topological polar surface area (TPSA) is 76.6 Å². The van der Waals surface area contributed by atoms with Gasteiger partial charge in [-0.25, -0.2) is 0 Å². The number of phenols is 1. The number of alkyl halides is 3. The van der Waals surface area contributed by atoms with Gasteiger partial charge in [0.2, 0.25) is 0 Å². The van der Waals surface area contributed by atoms with Gasteiger partial charge in [0.25, 0.3) is 5.56 Å². The number of pyridine rings is 1. The highest BCUT2D eigenvalue weighted by Gasteiger charge is 2.31. The number of aliphatic hydroxyl groups excluding tert-OH is 1. The number of aliphatic hydroxyl groups is 1. The normalized spacial score (nSPS) is 16.5. The highest BCUT2D eigenvalue weighted by molar-refractivity contribution is 7.99. The molecule has 2 heterocycles. The Morgan fingerprint density at radius 2 is 1.92 bits per heavy atom. The van der Waals surface area contributed by atoms with Gasteiger partial charge in [0.05, 0.1) is 16.6 Å². The van der Waals surface area contributed by atoms with Crippen LogP contribution in [0.2, 0.25) is 5.02 Å². The van der Waals surface area contributed by atoms with Gasteiger partial charge in [0, 0.05) is 39.4 Å². The van der Waals surface area contributed by atoms with Gasteiger partial charge >= 0.3 is 6.18 Å². The van der Waals surface area contributed by atoms with E-state index in [2.05, 4.69) is 16.8 Å². The van der Waals surface area contributed by atoms with E-state index in [0.29, 0.717) is 12.3 Å². The summed E-state index contributed by atoms with van der Waals surface area (Å²) in [6.45, 7) is 4.95. The number of aromatic nitrogens is 1. The molecule has 0 bridgehead atoms. The van der Waals surface area contributed by atoms with Gasteiger partial charge in [-0.05, 0) is 74.7 Å². The van der Waals surface area contributed by atoms with Crippen LogP contribution in [0.1, 0.15) is 31.7 Å². The van der Waals surface area contributed by atoms with Crippen LogP contribution in [-0.4, -0.2) is 51.6 Å². The second kappa shape index (κ2) is 11.0. The fourth-order valence-corrected chi connectivity index (χ4v) is 5.69. The van der Waals surface area contributed by atoms with Gasteiger partial charge in [-0.3, -0.25) is 4.79 Å². The fraction of sp³-hybridized carbons (Fsp3) is 0.423. The largest absolute Gasteiger partial charge is 0.507 e. The zero-order chi connectivity index (χ0) is 26.0. The lowest BCUT2D eigenvalue weighted by Gasteiger charge is -2.30. The number of thioether (sulfide) groups is 1. The first kappa shape index (κ1) is 26.9. The lowest BCUT2D eigenvalue weighted by atomic mass is 9.98. The molecule has 1 aromatic heterocycles. The summed E-state index contributed by atoms with van der Waals surface area (Å²) in [6.07, 6.45) is -2.53. The quantitative estimate of drug-likeness (QED) is 0.313. The smallest absolute Gasteiger partial charge is 0.416 e. The van der Waals surface area contributed by atoms with Crippen molar-refractivity contribution in [2.75, 3.05) is 25.4 Å². The highest BCUT2D eigenvalue weighted by atomic mass is 35.5. The second-order valence-electron chi connectivity index (χ2n) is 9.36. The number of rotatable bonds is 7. The molecular weight excluding hydrogens is 513 g/mol. The molecule has 0 aliphatic carbocycles. The Labute approximate surface area is 216 Å². The van der Waals surface area contributed by atoms with Crippen LogP contribution < -0.4 is 5.56 Å². The number of benzene rings is 2. The van der Waals surface area contributed by atoms with Crippen LogP contribution in [-0.2, 0) is 6.18 Å². The molecule has 1 fully saturated rings. The predicted molar refractivity (Wildman–Crippen MR) is 138 cm³/mol. The Bertz CT molecular complexity index is 1290. The van der Waals surface area contributed by atoms with Crippen molar-refractivity contribution >= 4 is 34.3 Å². The van der Waals surface area contributed by atoms with Crippen LogP contribution in [0.3, 0.4) is 0 Å². The summed E-state index contributed by atoms with van der Waals surface area (Å²) in [5.41, 5.74) is -0.887. The molecule has 1 unspecified atom stereocenters. The fourth-order valence-electron chi connectivity index (χ4n) is 4.45. The third-order valence-electron chi connectivity index (χ3n) is 6.60. The summed E-state index contributed by atoms with van der Waals surface area (Å²) in [4.78, 5) is 18.1. The Morgan fingerprint density at radius 1 is 1.19 bits per heavy atom. The van der Waals surface area contributed by atoms with Crippen molar-refractivity contribution in [1.29, 1.82) is 0 Å². The van der Waals surface area contributed by atoms with E-state index in [4.69, 9.17) is 11.6 Å². The number of aromatic hydroxyl groups is 1. The molecule has 0 spiro atoms. The summed E-state index contributed by atoms with van der Waals surface area (Å²) in [7, 11) is 0. The summed E-state index contributed by atoms with van der Waals surface area (Å²) < 4.78 is 40.5. The Kier molecular flexibility index (Phi) is 8.24. The first-order valence-electron chi connectivity index (χ1n) is 11.8. The minimum absolute atomic E-state index is 0.116. The van der Waals surface area contributed by atoms with Crippen molar-refractivity contribution in [3.8, 4) is 16.9 Å². The molecule has 4 rings (SSSR count). The van der Waals surface area contributed by atoms with Crippen molar-refractivity contribution in [3.05, 3.63) is 57.3 Å². The van der Waals surface area contributed by atoms with Crippen LogP contribution in [0.25, 0.3) is 22.0 Å². The monoisotopic (exact) mass is 540 g/mol. The van der Waals surface area contributed by atoms with Gasteiger partial charge in [0.15, 0.2) is 0 Å². The zero-order valence-electron chi connectivity index (χ0n) is 19.7. The van der Waals surface area contributed by atoms with Crippen molar-refractivity contribution in [3.63, 3.8) is 0 Å². The predicted octanol–water partition coefficient (Wildman–Crippen LogP) is 6.15. The molecule has 3 N–H and O–H groups in total. The number of nitrogens with zero attached hydrogens (tertiary/aromatic N) is 1. The van der Waals surface area contributed by atoms with Crippen LogP contribution in [0.4, 0.5) is 13.2 Å². The maximum Gasteiger partial charge on any atom is 0.416 e. The van der Waals surface area contributed by atoms with E-state index in [1.165, 1.54) is 24.3 Å². The van der Waals surface area contributed by atoms with Crippen LogP contribution >= 0.6 is 23.4 Å². The van der Waals surface area contributed by atoms with Crippen LogP contribution in [0.15, 0.2) is 46.1 Å². The number of piperidine rings is 1. The molecule has 0 saturated carbocycles. The molecule has 1 aliphatic heterocycles. The van der Waals surface area contributed by atoms with E-state index < -0.39 is 23.4 Å². The van der Waals surface area contributed by atoms with E-state index in [-0.39, 0.29) is 43.5 Å². The van der Waals surface area contributed by atoms with Crippen LogP contribution in [0.5, 0.6) is 5.75 Å². The molecule has 0 radical (unpaired) electrons. The van der Waals surface area contributed by atoms with Crippen molar-refractivity contribution < 1.29 is 23.4 Å². The molecular formula is C26H28ClF3N2O3S. The van der Waals surface area contributed by atoms with Gasteiger partial charge in [-0.2, -0.15) is 13.2 Å². The van der Waals surface area contributed by atoms with Gasteiger partial charge in [-0.1, -0.05) is 18.5 Å². The average Bonchev–Trinajstić information content (AvgIpc) is 2.83. The van der Waals surface area contributed by atoms with Crippen molar-refractivity contribution in [2.24, 2.45) is 5.92 Å². The van der Waals surface area contributed by atoms with Crippen molar-refractivity contribution in [2.45, 2.75) is 43.4 Å². The van der Waals surface area contributed by atoms with E-state index in [9.17, 15) is 28.2 Å². The molecule has 3 aromatic rings. The number of halogens is 4. The Hall–Kier alpha value is -2.20. The zero-order valence-corrected chi connectivity index (χ0v) is 21.3. The number of aromatic amines is 1. The second-order valence-corrected chi connectivity index (χ2v) is 10.8. The lowest BCUT2D eigenvalue weighted by molar-refractivity contribution is -0.137. The summed E-state index contributed by atoms with van der Waals surface area (Å²) >= 11 is 7.20. The Balaban J connectivity index is 1.68. The highest BCUT2D eigenvalue weighted by Crippen LogP contribution is 2.42. The summed E-state index contributed by atoms with van der Waals surface area (Å²) in [5.74, 6) is 0.664. The average molecular weight is 541 g/mol. The maximum absolute atomic E-state index is 13.5. The van der Waals surface area contributed by atoms with E-state index in [0.717, 1.165) is 56.4 Å². The third kappa shape index (κ3) is 6.19. The number of hydrogen-bond donors (Lipinski definition) is 3. The summed E-state index contributed by atoms with van der Waals surface area (Å²) in [6, 6.07) is 7.27. The first-order chi connectivity index (χ1) is 17.0. The van der Waals surface area contributed by atoms with Crippen molar-refractivity contribution in [1.82, 2.24) is 9.88 Å². The number of phenolic OH excluding ortho intramolecular Hbond substituents is 1. The molecule has 36 heavy (non-hydrogen) atoms. The Morgan fingerprint density at radius 3 is 2.61 bits per heavy atom. The first-order valence-corrected chi connectivity index (χ1v) is 13.2. The minimum atomic E-state index is -4.59. The lowest BCUT2D eigenvalue weighted by Crippen LogP contribution is -2.35. The third-order valence-corrected chi connectivity index (χ3v) is 8.07. The number of hydrogen-bond acceptors (Lipinski definition) is 5. The molecule has 2 aromatic carbocycles. The molecule has 1 saturated heterocycles. The molecule has 10 heteroatoms. The van der Waals surface area contributed by atoms with Crippen LogP contribution in [0, 0.1) is 5.92 Å². The number of H-pyrrole nitrogens is 1. The van der Waals surface area contributed by atoms with E-state index in [1.807, 2.05) is 0 Å². The molecule has 1 atom stereocenters. The van der Waals surface area contributed by atoms with Gasteiger partial charge in [-0.15, -0.1) is 11.8 Å². The summed E-state index contributed by atoms with van der Waals surface area (Å²) in [5, 5.41) is 21.6.